The van der Waals surface area contributed by atoms with E-state index in [1.165, 1.54) is 25.7 Å². The molecule has 3 aliphatic rings. The summed E-state index contributed by atoms with van der Waals surface area (Å²) in [4.78, 5) is 2.49. The number of hydrogen-bond acceptors (Lipinski definition) is 1. The summed E-state index contributed by atoms with van der Waals surface area (Å²) < 4.78 is 16.5. The van der Waals surface area contributed by atoms with Crippen molar-refractivity contribution >= 4 is 0 Å². The molecule has 3 atom stereocenters. The Morgan fingerprint density at radius 3 is 2.69 bits per heavy atom. The Hall–Kier alpha value is -0.0400. The van der Waals surface area contributed by atoms with Gasteiger partial charge in [0.1, 0.15) is 0 Å². The molecule has 0 amide bonds. The molecule has 1 aliphatic heterocycles. The average molecular weight is 181 g/mol. The fourth-order valence-electron chi connectivity index (χ4n) is 3.57. The first-order valence-electron chi connectivity index (χ1n) is 6.87. The van der Waals surface area contributed by atoms with Crippen LogP contribution in [0.4, 0.5) is 0 Å². The molecule has 2 saturated carbocycles. The normalized spacial score (nSPS) is 56.7. The standard InChI is InChI=1S/C12H21N/c1-10-5-4-6-11-9-12(10,11)13-7-2-3-8-13/h10-11H,2-9H2,1H3/i9D2. The third-order valence-corrected chi connectivity index (χ3v) is 4.36. The zero-order valence-corrected chi connectivity index (χ0v) is 8.55. The van der Waals surface area contributed by atoms with Gasteiger partial charge in [-0.2, -0.15) is 0 Å². The van der Waals surface area contributed by atoms with Crippen molar-refractivity contribution < 1.29 is 2.74 Å². The monoisotopic (exact) mass is 181 g/mol. The van der Waals surface area contributed by atoms with Gasteiger partial charge in [0.05, 0.1) is 0 Å². The van der Waals surface area contributed by atoms with Crippen LogP contribution in [0.15, 0.2) is 0 Å². The van der Waals surface area contributed by atoms with Crippen LogP contribution in [-0.4, -0.2) is 23.5 Å². The van der Waals surface area contributed by atoms with Gasteiger partial charge in [-0.05, 0) is 57.0 Å². The van der Waals surface area contributed by atoms with E-state index in [2.05, 4.69) is 11.8 Å². The summed E-state index contributed by atoms with van der Waals surface area (Å²) in [6.45, 7) is 4.55. The van der Waals surface area contributed by atoms with Gasteiger partial charge in [-0.25, -0.2) is 0 Å². The molecule has 0 aromatic rings. The predicted molar refractivity (Wildman–Crippen MR) is 54.7 cm³/mol. The Kier molecular flexibility index (Phi) is 1.35. The van der Waals surface area contributed by atoms with Gasteiger partial charge >= 0.3 is 0 Å². The van der Waals surface area contributed by atoms with Crippen LogP contribution in [0.5, 0.6) is 0 Å². The highest BCUT2D eigenvalue weighted by atomic mass is 15.3. The molecule has 0 aromatic carbocycles. The Balaban J connectivity index is 1.93. The van der Waals surface area contributed by atoms with E-state index in [4.69, 9.17) is 2.74 Å². The molecule has 13 heavy (non-hydrogen) atoms. The summed E-state index contributed by atoms with van der Waals surface area (Å²) in [5, 5.41) is 0. The van der Waals surface area contributed by atoms with Gasteiger partial charge in [0.15, 0.2) is 0 Å². The number of rotatable bonds is 1. The SMILES string of the molecule is [2H]C1([2H])C2CCCC(C)C21N1CCCC1. The molecule has 0 bridgehead atoms. The Bertz CT molecular complexity index is 273. The van der Waals surface area contributed by atoms with Crippen LogP contribution >= 0.6 is 0 Å². The Labute approximate surface area is 84.3 Å². The van der Waals surface area contributed by atoms with Crippen molar-refractivity contribution in [3.8, 4) is 0 Å². The second-order valence-corrected chi connectivity index (χ2v) is 5.05. The van der Waals surface area contributed by atoms with E-state index in [1.54, 1.807) is 0 Å². The molecule has 3 fully saturated rings. The first-order chi connectivity index (χ1) is 7.12. The average Bonchev–Trinajstić information content (AvgIpc) is 2.60. The first kappa shape index (κ1) is 6.44. The Morgan fingerprint density at radius 1 is 1.23 bits per heavy atom. The van der Waals surface area contributed by atoms with Crippen molar-refractivity contribution in [3.63, 3.8) is 0 Å². The molecule has 1 nitrogen and oxygen atoms in total. The summed E-state index contributed by atoms with van der Waals surface area (Å²) in [7, 11) is 0. The Morgan fingerprint density at radius 2 is 2.00 bits per heavy atom. The van der Waals surface area contributed by atoms with E-state index in [9.17, 15) is 0 Å². The summed E-state index contributed by atoms with van der Waals surface area (Å²) >= 11 is 0. The second kappa shape index (κ2) is 2.73. The molecular formula is C12H21N. The van der Waals surface area contributed by atoms with E-state index in [-0.39, 0.29) is 5.54 Å². The van der Waals surface area contributed by atoms with Crippen molar-refractivity contribution in [2.24, 2.45) is 11.8 Å². The minimum atomic E-state index is -0.896. The lowest BCUT2D eigenvalue weighted by Gasteiger charge is -2.37. The van der Waals surface area contributed by atoms with Crippen molar-refractivity contribution in [1.82, 2.24) is 4.90 Å². The molecule has 74 valence electrons. The topological polar surface area (TPSA) is 3.24 Å². The van der Waals surface area contributed by atoms with E-state index in [0.29, 0.717) is 11.8 Å². The lowest BCUT2D eigenvalue weighted by molar-refractivity contribution is 0.114. The highest BCUT2D eigenvalue weighted by Crippen LogP contribution is 2.60. The molecule has 3 unspecified atom stereocenters. The number of likely N-dealkylation sites (tertiary alicyclic amines) is 1. The zero-order chi connectivity index (χ0) is 10.7. The van der Waals surface area contributed by atoms with E-state index >= 15 is 0 Å². The molecule has 1 heterocycles. The summed E-state index contributed by atoms with van der Waals surface area (Å²) in [6, 6.07) is 0. The molecule has 3 rings (SSSR count). The van der Waals surface area contributed by atoms with Crippen LogP contribution in [0, 0.1) is 11.8 Å². The summed E-state index contributed by atoms with van der Waals surface area (Å²) in [5.41, 5.74) is -0.0538. The zero-order valence-electron chi connectivity index (χ0n) is 10.6. The summed E-state index contributed by atoms with van der Waals surface area (Å²) in [6.07, 6.45) is 5.24. The summed E-state index contributed by atoms with van der Waals surface area (Å²) in [5.74, 6) is 0.899. The van der Waals surface area contributed by atoms with Crippen molar-refractivity contribution in [2.45, 2.75) is 50.9 Å². The van der Waals surface area contributed by atoms with Crippen molar-refractivity contribution in [1.29, 1.82) is 0 Å². The maximum Gasteiger partial charge on any atom is 0.0289 e. The van der Waals surface area contributed by atoms with Gasteiger partial charge in [-0.3, -0.25) is 4.90 Å². The number of nitrogens with zero attached hydrogens (tertiary/aromatic N) is 1. The third kappa shape index (κ3) is 1.03. The smallest absolute Gasteiger partial charge is 0.0289 e. The first-order valence-corrected chi connectivity index (χ1v) is 5.87. The van der Waals surface area contributed by atoms with Gasteiger partial charge in [-0.1, -0.05) is 13.3 Å². The third-order valence-electron chi connectivity index (χ3n) is 4.36. The van der Waals surface area contributed by atoms with Crippen LogP contribution < -0.4 is 0 Å². The van der Waals surface area contributed by atoms with Crippen LogP contribution in [0.1, 0.15) is 48.1 Å². The van der Waals surface area contributed by atoms with Gasteiger partial charge in [0.2, 0.25) is 0 Å². The highest BCUT2D eigenvalue weighted by molar-refractivity contribution is 5.16. The molecule has 1 heteroatoms. The molecule has 0 aromatic heterocycles. The number of fused-ring (bicyclic) bond motifs is 1. The van der Waals surface area contributed by atoms with Crippen LogP contribution in [0.2, 0.25) is 0 Å². The van der Waals surface area contributed by atoms with Crippen LogP contribution in [0.25, 0.3) is 0 Å². The van der Waals surface area contributed by atoms with Crippen molar-refractivity contribution in [2.75, 3.05) is 13.1 Å². The minimum Gasteiger partial charge on any atom is -0.297 e. The molecule has 1 saturated heterocycles. The maximum absolute atomic E-state index is 8.27. The predicted octanol–water partition coefficient (Wildman–Crippen LogP) is 2.66. The fourth-order valence-corrected chi connectivity index (χ4v) is 3.57. The molecule has 0 radical (unpaired) electrons. The van der Waals surface area contributed by atoms with Gasteiger partial charge < -0.3 is 0 Å². The maximum atomic E-state index is 8.27. The van der Waals surface area contributed by atoms with Gasteiger partial charge in [0, 0.05) is 8.28 Å². The molecule has 2 aliphatic carbocycles. The highest BCUT2D eigenvalue weighted by Gasteiger charge is 2.61. The van der Waals surface area contributed by atoms with E-state index in [1.807, 2.05) is 0 Å². The van der Waals surface area contributed by atoms with Gasteiger partial charge in [-0.15, -0.1) is 0 Å². The largest absolute Gasteiger partial charge is 0.297 e. The quantitative estimate of drug-likeness (QED) is 0.601. The van der Waals surface area contributed by atoms with Crippen LogP contribution in [-0.2, 0) is 0 Å². The molecule has 0 spiro atoms. The molecule has 0 N–H and O–H groups in total. The number of hydrogen-bond donors (Lipinski definition) is 0. The lowest BCUT2D eigenvalue weighted by Crippen LogP contribution is -2.43. The van der Waals surface area contributed by atoms with Gasteiger partial charge in [0.25, 0.3) is 0 Å². The fraction of sp³-hybridized carbons (Fsp3) is 1.00. The van der Waals surface area contributed by atoms with Crippen molar-refractivity contribution in [3.05, 3.63) is 0 Å². The molecular weight excluding hydrogens is 158 g/mol. The van der Waals surface area contributed by atoms with Crippen LogP contribution in [0.3, 0.4) is 0 Å². The van der Waals surface area contributed by atoms with E-state index in [0.717, 1.165) is 19.5 Å². The minimum absolute atomic E-state index is 0.0538. The second-order valence-electron chi connectivity index (χ2n) is 5.05. The van der Waals surface area contributed by atoms with E-state index < -0.39 is 6.37 Å². The lowest BCUT2D eigenvalue weighted by atomic mass is 9.84.